The maximum atomic E-state index is 10.3. The molecule has 1 rings (SSSR count). The van der Waals surface area contributed by atoms with E-state index in [4.69, 9.17) is 0 Å². The quantitative estimate of drug-likeness (QED) is 0.482. The third kappa shape index (κ3) is 4.30. The number of para-hydroxylation sites is 1. The van der Waals surface area contributed by atoms with Gasteiger partial charge in [0.2, 0.25) is 0 Å². The van der Waals surface area contributed by atoms with Gasteiger partial charge in [0, 0.05) is 0 Å². The normalized spacial score (nSPS) is 7.44. The molecule has 0 fully saturated rings. The van der Waals surface area contributed by atoms with E-state index in [1.807, 2.05) is 32.8 Å². The molecule has 0 bridgehead atoms. The van der Waals surface area contributed by atoms with Gasteiger partial charge in [0.25, 0.3) is 0 Å². The van der Waals surface area contributed by atoms with Gasteiger partial charge in [-0.2, -0.15) is 0 Å². The average molecular weight is 132 g/mol. The minimum Gasteiger partial charge on any atom is -0.872 e. The largest absolute Gasteiger partial charge is 0.872 e. The van der Waals surface area contributed by atoms with Crippen molar-refractivity contribution in [2.24, 2.45) is 0 Å². The first kappa shape index (κ1) is 8.79. The first-order valence-electron chi connectivity index (χ1n) is 2.82. The molecule has 0 spiro atoms. The number of rotatable bonds is 0. The van der Waals surface area contributed by atoms with E-state index in [0.29, 0.717) is 0 Å². The summed E-state index contributed by atoms with van der Waals surface area (Å²) in [5.74, 6) is 0.0718. The summed E-state index contributed by atoms with van der Waals surface area (Å²) < 4.78 is 0. The summed E-state index contributed by atoms with van der Waals surface area (Å²) in [6.07, 6.45) is 0. The van der Waals surface area contributed by atoms with E-state index < -0.39 is 0 Å². The maximum absolute atomic E-state index is 10.3. The molecular formula is C7H8MgO. The first-order chi connectivity index (χ1) is 4.39. The molecule has 0 aliphatic carbocycles. The molecule has 0 atom stereocenters. The molecule has 9 heavy (non-hydrogen) atoms. The van der Waals surface area contributed by atoms with Crippen LogP contribution in [-0.4, -0.2) is 21.7 Å². The van der Waals surface area contributed by atoms with Gasteiger partial charge in [-0.05, 0) is 0 Å². The van der Waals surface area contributed by atoms with E-state index in [0.717, 1.165) is 0 Å². The van der Waals surface area contributed by atoms with Crippen molar-refractivity contribution < 1.29 is 5.11 Å². The molecular weight excluding hydrogens is 124 g/mol. The van der Waals surface area contributed by atoms with Gasteiger partial charge < -0.3 is 5.11 Å². The zero-order valence-electron chi connectivity index (χ0n) is 5.50. The molecule has 2 heteroatoms. The molecule has 0 heterocycles. The van der Waals surface area contributed by atoms with Crippen molar-refractivity contribution in [3.63, 3.8) is 0 Å². The fourth-order valence-electron chi connectivity index (χ4n) is 0.420. The molecule has 0 unspecified atom stereocenters. The van der Waals surface area contributed by atoms with Crippen molar-refractivity contribution in [3.8, 4) is 5.75 Å². The van der Waals surface area contributed by atoms with Crippen LogP contribution in [-0.2, 0) is 0 Å². The molecule has 0 radical (unpaired) electrons. The Morgan fingerprint density at radius 2 is 1.56 bits per heavy atom. The predicted octanol–water partition coefficient (Wildman–Crippen LogP) is 0.963. The van der Waals surface area contributed by atoms with Gasteiger partial charge in [-0.1, -0.05) is 30.3 Å². The summed E-state index contributed by atoms with van der Waals surface area (Å²) >= 11 is 1.86. The zero-order valence-corrected chi connectivity index (χ0v) is 6.92. The third-order valence-corrected chi connectivity index (χ3v) is 0.743. The molecule has 1 nitrogen and oxygen atoms in total. The molecule has 0 saturated carbocycles. The molecule has 0 aliphatic rings. The van der Waals surface area contributed by atoms with Crippen molar-refractivity contribution in [2.75, 3.05) is 0 Å². The van der Waals surface area contributed by atoms with Gasteiger partial charge in [-0.25, -0.2) is 0 Å². The van der Waals surface area contributed by atoms with E-state index in [1.165, 1.54) is 12.1 Å². The summed E-state index contributed by atoms with van der Waals surface area (Å²) in [5.41, 5.74) is 0. The Morgan fingerprint density at radius 3 is 1.78 bits per heavy atom. The van der Waals surface area contributed by atoms with Gasteiger partial charge in [0.1, 0.15) is 0 Å². The second kappa shape index (κ2) is 5.91. The first-order valence-corrected chi connectivity index (χ1v) is 4.24. The molecule has 0 N–H and O–H groups in total. The van der Waals surface area contributed by atoms with E-state index in [1.54, 1.807) is 12.1 Å². The van der Waals surface area contributed by atoms with Crippen molar-refractivity contribution in [2.45, 2.75) is 5.05 Å². The maximum Gasteiger partial charge on any atom is -0.0623 e. The Kier molecular flexibility index (Phi) is 5.77. The van der Waals surface area contributed by atoms with Crippen LogP contribution in [0.25, 0.3) is 0 Å². The van der Waals surface area contributed by atoms with Gasteiger partial charge in [0.15, 0.2) is 0 Å². The van der Waals surface area contributed by atoms with E-state index in [9.17, 15) is 5.11 Å². The second-order valence-corrected chi connectivity index (χ2v) is 1.31. The monoisotopic (exact) mass is 132 g/mol. The van der Waals surface area contributed by atoms with Crippen LogP contribution in [0.3, 0.4) is 0 Å². The molecule has 1 aromatic carbocycles. The SMILES string of the molecule is [CH3][Mg+].[O-]c1ccccc1. The number of benzene rings is 1. The second-order valence-electron chi connectivity index (χ2n) is 1.31. The summed E-state index contributed by atoms with van der Waals surface area (Å²) in [4.78, 5) is 0. The smallest absolute Gasteiger partial charge is 0.0623 e. The summed E-state index contributed by atoms with van der Waals surface area (Å²) in [5, 5.41) is 12.3. The third-order valence-electron chi connectivity index (χ3n) is 0.743. The predicted molar refractivity (Wildman–Crippen MR) is 37.5 cm³/mol. The van der Waals surface area contributed by atoms with Crippen molar-refractivity contribution >= 4 is 21.7 Å². The molecule has 0 aromatic heterocycles. The number of hydrogen-bond donors (Lipinski definition) is 0. The Labute approximate surface area is 68.1 Å². The van der Waals surface area contributed by atoms with Crippen LogP contribution in [0, 0.1) is 0 Å². The van der Waals surface area contributed by atoms with Gasteiger partial charge in [0.05, 0.1) is 0 Å². The summed E-state index contributed by atoms with van der Waals surface area (Å²) in [6, 6.07) is 8.33. The van der Waals surface area contributed by atoms with Gasteiger partial charge in [-0.15, -0.1) is 5.75 Å². The fourth-order valence-corrected chi connectivity index (χ4v) is 0.420. The summed E-state index contributed by atoms with van der Waals surface area (Å²) in [7, 11) is 0. The van der Waals surface area contributed by atoms with E-state index >= 15 is 0 Å². The molecule has 0 amide bonds. The minimum absolute atomic E-state index is 0.0718. The topological polar surface area (TPSA) is 23.1 Å². The molecule has 44 valence electrons. The van der Waals surface area contributed by atoms with Crippen LogP contribution in [0.2, 0.25) is 5.05 Å². The van der Waals surface area contributed by atoms with E-state index in [2.05, 4.69) is 0 Å². The van der Waals surface area contributed by atoms with E-state index in [-0.39, 0.29) is 5.75 Å². The van der Waals surface area contributed by atoms with Crippen molar-refractivity contribution in [3.05, 3.63) is 30.3 Å². The molecule has 1 aromatic rings. The summed E-state index contributed by atoms with van der Waals surface area (Å²) in [6.45, 7) is 0. The molecule has 0 aliphatic heterocycles. The fraction of sp³-hybridized carbons (Fsp3) is 0.143. The molecule has 0 saturated heterocycles. The van der Waals surface area contributed by atoms with Gasteiger partial charge in [-0.3, -0.25) is 0 Å². The van der Waals surface area contributed by atoms with Crippen LogP contribution in [0.5, 0.6) is 5.75 Å². The Bertz CT molecular complexity index is 139. The van der Waals surface area contributed by atoms with Gasteiger partial charge >= 0.3 is 26.8 Å². The van der Waals surface area contributed by atoms with Crippen LogP contribution in [0.15, 0.2) is 30.3 Å². The van der Waals surface area contributed by atoms with Crippen molar-refractivity contribution in [1.29, 1.82) is 0 Å². The average Bonchev–Trinajstić information content (AvgIpc) is 1.94. The minimum atomic E-state index is 0.0718. The van der Waals surface area contributed by atoms with Crippen LogP contribution < -0.4 is 5.11 Å². The van der Waals surface area contributed by atoms with Crippen LogP contribution in [0.1, 0.15) is 0 Å². The Balaban J connectivity index is 0.000000291. The zero-order chi connectivity index (χ0) is 7.11. The van der Waals surface area contributed by atoms with Crippen LogP contribution in [0.4, 0.5) is 0 Å². The Morgan fingerprint density at radius 1 is 1.11 bits per heavy atom. The van der Waals surface area contributed by atoms with Crippen LogP contribution >= 0.6 is 0 Å². The standard InChI is InChI=1S/C6H6O.CH3.Mg/c7-6-4-2-1-3-5-6;;/h1-5,7H;1H3;/q;;+1/p-1. The number of hydrogen-bond acceptors (Lipinski definition) is 1. The van der Waals surface area contributed by atoms with Crippen molar-refractivity contribution in [1.82, 2.24) is 0 Å². The Hall–Kier alpha value is -0.214.